The molecule has 0 saturated heterocycles. The van der Waals surface area contributed by atoms with Crippen LogP contribution in [0.25, 0.3) is 0 Å². The average Bonchev–Trinajstić information content (AvgIpc) is 2.34. The monoisotopic (exact) mass is 305 g/mol. The zero-order chi connectivity index (χ0) is 13.1. The van der Waals surface area contributed by atoms with Crippen LogP contribution >= 0.6 is 15.9 Å². The van der Waals surface area contributed by atoms with Crippen molar-refractivity contribution < 1.29 is 4.79 Å². The van der Waals surface area contributed by atoms with Gasteiger partial charge in [0.05, 0.1) is 16.9 Å². The molecule has 0 radical (unpaired) electrons. The van der Waals surface area contributed by atoms with Gasteiger partial charge in [-0.3, -0.25) is 9.78 Å². The number of hydrogen-bond donors (Lipinski definition) is 1. The van der Waals surface area contributed by atoms with Crippen molar-refractivity contribution in [3.05, 3.63) is 52.0 Å². The maximum Gasteiger partial charge on any atom is 0.258 e. The van der Waals surface area contributed by atoms with E-state index in [1.165, 1.54) is 0 Å². The quantitative estimate of drug-likeness (QED) is 0.867. The molecule has 0 aromatic carbocycles. The van der Waals surface area contributed by atoms with Gasteiger partial charge in [-0.2, -0.15) is 0 Å². The van der Waals surface area contributed by atoms with Crippen molar-refractivity contribution in [1.82, 2.24) is 9.97 Å². The lowest BCUT2D eigenvalue weighted by Crippen LogP contribution is -2.15. The number of nitrogens with one attached hydrogen (secondary N) is 1. The van der Waals surface area contributed by atoms with Crippen LogP contribution in [-0.4, -0.2) is 15.9 Å². The van der Waals surface area contributed by atoms with Gasteiger partial charge in [0.1, 0.15) is 4.60 Å². The molecule has 4 nitrogen and oxygen atoms in total. The highest BCUT2D eigenvalue weighted by Crippen LogP contribution is 2.20. The van der Waals surface area contributed by atoms with Crippen LogP contribution in [-0.2, 0) is 0 Å². The van der Waals surface area contributed by atoms with Crippen LogP contribution in [0.3, 0.4) is 0 Å². The van der Waals surface area contributed by atoms with E-state index in [9.17, 15) is 4.79 Å². The minimum atomic E-state index is -0.200. The van der Waals surface area contributed by atoms with E-state index in [0.29, 0.717) is 10.2 Å². The summed E-state index contributed by atoms with van der Waals surface area (Å²) in [6, 6.07) is 5.30. The summed E-state index contributed by atoms with van der Waals surface area (Å²) in [6.07, 6.45) is 3.35. The Morgan fingerprint density at radius 3 is 2.67 bits per heavy atom. The van der Waals surface area contributed by atoms with Gasteiger partial charge in [-0.05, 0) is 53.5 Å². The van der Waals surface area contributed by atoms with Crippen LogP contribution in [0.4, 0.5) is 5.69 Å². The van der Waals surface area contributed by atoms with E-state index in [1.54, 1.807) is 24.5 Å². The predicted octanol–water partition coefficient (Wildman–Crippen LogP) is 3.11. The summed E-state index contributed by atoms with van der Waals surface area (Å²) in [6.45, 7) is 3.80. The molecule has 18 heavy (non-hydrogen) atoms. The van der Waals surface area contributed by atoms with E-state index >= 15 is 0 Å². The molecule has 2 heterocycles. The summed E-state index contributed by atoms with van der Waals surface area (Å²) >= 11 is 3.26. The molecule has 0 unspecified atom stereocenters. The van der Waals surface area contributed by atoms with Crippen molar-refractivity contribution in [2.24, 2.45) is 0 Å². The van der Waals surface area contributed by atoms with Gasteiger partial charge in [-0.15, -0.1) is 0 Å². The topological polar surface area (TPSA) is 54.9 Å². The summed E-state index contributed by atoms with van der Waals surface area (Å²) in [5.41, 5.74) is 3.03. The molecular formula is C13H12BrN3O. The summed E-state index contributed by atoms with van der Waals surface area (Å²) in [5.74, 6) is -0.200. The third kappa shape index (κ3) is 2.56. The molecule has 5 heteroatoms. The van der Waals surface area contributed by atoms with Crippen molar-refractivity contribution >= 4 is 27.5 Å². The second-order valence-electron chi connectivity index (χ2n) is 3.88. The van der Waals surface area contributed by atoms with Crippen molar-refractivity contribution in [2.45, 2.75) is 13.8 Å². The van der Waals surface area contributed by atoms with Crippen LogP contribution in [0.5, 0.6) is 0 Å². The van der Waals surface area contributed by atoms with Gasteiger partial charge >= 0.3 is 0 Å². The largest absolute Gasteiger partial charge is 0.320 e. The molecule has 0 bridgehead atoms. The number of carbonyl (C=O) groups is 1. The standard InChI is InChI=1S/C13H12BrN3O/c1-8-5-7-15-9(2)11(8)17-13(18)10-4-3-6-16-12(10)14/h3-7H,1-2H3,(H,17,18). The Bertz CT molecular complexity index is 578. The Morgan fingerprint density at radius 1 is 1.22 bits per heavy atom. The number of pyridine rings is 2. The van der Waals surface area contributed by atoms with E-state index in [1.807, 2.05) is 19.9 Å². The fourth-order valence-electron chi connectivity index (χ4n) is 1.62. The van der Waals surface area contributed by atoms with Gasteiger partial charge in [0.25, 0.3) is 5.91 Å². The third-order valence-corrected chi connectivity index (χ3v) is 3.22. The number of rotatable bonds is 2. The molecule has 2 aromatic rings. The van der Waals surface area contributed by atoms with Crippen molar-refractivity contribution in [2.75, 3.05) is 5.32 Å². The molecule has 92 valence electrons. The third-order valence-electron chi connectivity index (χ3n) is 2.59. The Morgan fingerprint density at radius 2 is 2.00 bits per heavy atom. The molecule has 1 amide bonds. The van der Waals surface area contributed by atoms with Crippen molar-refractivity contribution in [3.63, 3.8) is 0 Å². The molecule has 2 rings (SSSR count). The SMILES string of the molecule is Cc1ccnc(C)c1NC(=O)c1cccnc1Br. The fraction of sp³-hybridized carbons (Fsp3) is 0.154. The summed E-state index contributed by atoms with van der Waals surface area (Å²) in [7, 11) is 0. The van der Waals surface area contributed by atoms with Crippen LogP contribution in [0.1, 0.15) is 21.6 Å². The molecule has 0 aliphatic rings. The van der Waals surface area contributed by atoms with E-state index in [-0.39, 0.29) is 5.91 Å². The summed E-state index contributed by atoms with van der Waals surface area (Å²) < 4.78 is 0.529. The minimum absolute atomic E-state index is 0.200. The number of aromatic nitrogens is 2. The number of amides is 1. The minimum Gasteiger partial charge on any atom is -0.320 e. The number of hydrogen-bond acceptors (Lipinski definition) is 3. The highest BCUT2D eigenvalue weighted by atomic mass is 79.9. The van der Waals surface area contributed by atoms with Gasteiger partial charge in [-0.1, -0.05) is 0 Å². The fourth-order valence-corrected chi connectivity index (χ4v) is 2.05. The van der Waals surface area contributed by atoms with Gasteiger partial charge in [-0.25, -0.2) is 4.98 Å². The van der Waals surface area contributed by atoms with E-state index < -0.39 is 0 Å². The predicted molar refractivity (Wildman–Crippen MR) is 73.6 cm³/mol. The second kappa shape index (κ2) is 5.27. The molecule has 0 aliphatic heterocycles. The summed E-state index contributed by atoms with van der Waals surface area (Å²) in [5, 5.41) is 2.86. The van der Waals surface area contributed by atoms with E-state index in [2.05, 4.69) is 31.2 Å². The molecule has 2 aromatic heterocycles. The zero-order valence-electron chi connectivity index (χ0n) is 10.1. The average molecular weight is 306 g/mol. The number of nitrogens with zero attached hydrogens (tertiary/aromatic N) is 2. The Balaban J connectivity index is 2.30. The molecule has 0 saturated carbocycles. The molecule has 1 N–H and O–H groups in total. The number of aryl methyl sites for hydroxylation is 2. The first-order valence-electron chi connectivity index (χ1n) is 5.43. The second-order valence-corrected chi connectivity index (χ2v) is 4.64. The first-order valence-corrected chi connectivity index (χ1v) is 6.23. The van der Waals surface area contributed by atoms with Crippen LogP contribution < -0.4 is 5.32 Å². The first-order chi connectivity index (χ1) is 8.59. The smallest absolute Gasteiger partial charge is 0.258 e. The van der Waals surface area contributed by atoms with Crippen molar-refractivity contribution in [1.29, 1.82) is 0 Å². The lowest BCUT2D eigenvalue weighted by Gasteiger charge is -2.11. The summed E-state index contributed by atoms with van der Waals surface area (Å²) in [4.78, 5) is 20.3. The Hall–Kier alpha value is -1.75. The van der Waals surface area contributed by atoms with Crippen LogP contribution in [0.15, 0.2) is 35.2 Å². The highest BCUT2D eigenvalue weighted by Gasteiger charge is 2.13. The maximum absolute atomic E-state index is 12.1. The van der Waals surface area contributed by atoms with E-state index in [4.69, 9.17) is 0 Å². The highest BCUT2D eigenvalue weighted by molar-refractivity contribution is 9.10. The lowest BCUT2D eigenvalue weighted by molar-refractivity contribution is 0.102. The molecule has 0 aliphatic carbocycles. The van der Waals surface area contributed by atoms with Gasteiger partial charge < -0.3 is 5.32 Å². The van der Waals surface area contributed by atoms with Crippen molar-refractivity contribution in [3.8, 4) is 0 Å². The molecular weight excluding hydrogens is 294 g/mol. The van der Waals surface area contributed by atoms with Gasteiger partial charge in [0, 0.05) is 12.4 Å². The lowest BCUT2D eigenvalue weighted by atomic mass is 10.2. The number of anilines is 1. The zero-order valence-corrected chi connectivity index (χ0v) is 11.7. The van der Waals surface area contributed by atoms with Crippen LogP contribution in [0.2, 0.25) is 0 Å². The van der Waals surface area contributed by atoms with Crippen LogP contribution in [0, 0.1) is 13.8 Å². The molecule has 0 spiro atoms. The van der Waals surface area contributed by atoms with Gasteiger partial charge in [0.15, 0.2) is 0 Å². The van der Waals surface area contributed by atoms with E-state index in [0.717, 1.165) is 16.9 Å². The Kier molecular flexibility index (Phi) is 3.72. The number of carbonyl (C=O) groups excluding carboxylic acids is 1. The Labute approximate surface area is 114 Å². The normalized spacial score (nSPS) is 10.2. The molecule has 0 atom stereocenters. The molecule has 0 fully saturated rings. The first kappa shape index (κ1) is 12.7. The number of halogens is 1. The maximum atomic E-state index is 12.1. The van der Waals surface area contributed by atoms with Gasteiger partial charge in [0.2, 0.25) is 0 Å².